The average molecular weight is 462 g/mol. The van der Waals surface area contributed by atoms with Crippen molar-refractivity contribution in [2.24, 2.45) is 0 Å². The van der Waals surface area contributed by atoms with Crippen molar-refractivity contribution in [3.63, 3.8) is 0 Å². The summed E-state index contributed by atoms with van der Waals surface area (Å²) in [5.41, 5.74) is 1.63. The van der Waals surface area contributed by atoms with Gasteiger partial charge in [0.2, 0.25) is 11.7 Å². The monoisotopic (exact) mass is 462 g/mol. The zero-order chi connectivity index (χ0) is 23.8. The Bertz CT molecular complexity index is 1460. The number of hydrogen-bond donors (Lipinski definition) is 0. The van der Waals surface area contributed by atoms with Crippen molar-refractivity contribution in [3.05, 3.63) is 95.7 Å². The molecule has 0 saturated carbocycles. The predicted molar refractivity (Wildman–Crippen MR) is 122 cm³/mol. The lowest BCUT2D eigenvalue weighted by Gasteiger charge is -2.15. The van der Waals surface area contributed by atoms with Gasteiger partial charge in [-0.05, 0) is 55.0 Å². The second kappa shape index (κ2) is 8.58. The van der Waals surface area contributed by atoms with E-state index in [1.54, 1.807) is 52.2 Å². The topological polar surface area (TPSA) is 69.4 Å². The van der Waals surface area contributed by atoms with Crippen LogP contribution in [0.4, 0.5) is 8.78 Å². The van der Waals surface area contributed by atoms with Gasteiger partial charge in [0.25, 0.3) is 0 Å². The number of carbonyl (C=O) groups is 1. The van der Waals surface area contributed by atoms with Gasteiger partial charge in [-0.15, -0.1) is 0 Å². The fourth-order valence-electron chi connectivity index (χ4n) is 4.31. The molecule has 1 saturated heterocycles. The average Bonchev–Trinajstić information content (AvgIpc) is 3.44. The van der Waals surface area contributed by atoms with E-state index < -0.39 is 11.6 Å². The molecule has 7 nitrogen and oxygen atoms in total. The highest BCUT2D eigenvalue weighted by Gasteiger charge is 2.30. The molecule has 172 valence electrons. The Morgan fingerprint density at radius 3 is 2.68 bits per heavy atom. The van der Waals surface area contributed by atoms with Crippen LogP contribution in [0.15, 0.2) is 78.4 Å². The number of fused-ring (bicyclic) bond motifs is 1. The number of rotatable bonds is 5. The van der Waals surface area contributed by atoms with E-state index in [4.69, 9.17) is 4.74 Å². The second-order valence-corrected chi connectivity index (χ2v) is 7.93. The van der Waals surface area contributed by atoms with Crippen LogP contribution in [0, 0.1) is 11.6 Å². The lowest BCUT2D eigenvalue weighted by molar-refractivity contribution is -0.125. The number of carbonyl (C=O) groups excluding carboxylic acids is 1. The molecular formula is C25H20F2N4O3. The molecule has 1 fully saturated rings. The van der Waals surface area contributed by atoms with Gasteiger partial charge in [0, 0.05) is 19.3 Å². The summed E-state index contributed by atoms with van der Waals surface area (Å²) in [7, 11) is 0. The van der Waals surface area contributed by atoms with Crippen LogP contribution in [0.2, 0.25) is 0 Å². The number of hydrogen-bond acceptors (Lipinski definition) is 4. The van der Waals surface area contributed by atoms with Gasteiger partial charge in [-0.25, -0.2) is 9.18 Å². The molecule has 1 aliphatic heterocycles. The Hall–Kier alpha value is -4.27. The SMILES string of the molecule is C=CC(=O)N1CCC(n2c(=O)n(-c3ccc(Oc4cccc(F)c4F)cc3)c3cnccc32)C1. The number of pyridine rings is 1. The van der Waals surface area contributed by atoms with Gasteiger partial charge in [-0.2, -0.15) is 4.39 Å². The number of halogens is 2. The summed E-state index contributed by atoms with van der Waals surface area (Å²) in [5, 5.41) is 0. The maximum atomic E-state index is 13.9. The lowest BCUT2D eigenvalue weighted by Crippen LogP contribution is -2.31. The molecule has 1 unspecified atom stereocenters. The van der Waals surface area contributed by atoms with Crippen molar-refractivity contribution in [1.82, 2.24) is 19.0 Å². The Morgan fingerprint density at radius 1 is 1.12 bits per heavy atom. The Labute approximate surface area is 193 Å². The first-order valence-corrected chi connectivity index (χ1v) is 10.7. The first-order chi connectivity index (χ1) is 16.5. The van der Waals surface area contributed by atoms with Gasteiger partial charge in [0.15, 0.2) is 11.6 Å². The number of imidazole rings is 1. The van der Waals surface area contributed by atoms with Crippen LogP contribution in [0.1, 0.15) is 12.5 Å². The minimum atomic E-state index is -1.07. The molecule has 0 spiro atoms. The van der Waals surface area contributed by atoms with E-state index in [1.165, 1.54) is 22.8 Å². The zero-order valence-corrected chi connectivity index (χ0v) is 18.0. The molecule has 0 bridgehead atoms. The van der Waals surface area contributed by atoms with Crippen molar-refractivity contribution in [2.75, 3.05) is 13.1 Å². The molecule has 1 aliphatic rings. The number of ether oxygens (including phenoxy) is 1. The fourth-order valence-corrected chi connectivity index (χ4v) is 4.31. The van der Waals surface area contributed by atoms with Crippen molar-refractivity contribution in [1.29, 1.82) is 0 Å². The lowest BCUT2D eigenvalue weighted by atomic mass is 10.2. The first-order valence-electron chi connectivity index (χ1n) is 10.7. The van der Waals surface area contributed by atoms with Crippen molar-refractivity contribution in [3.8, 4) is 17.2 Å². The van der Waals surface area contributed by atoms with Gasteiger partial charge in [-0.3, -0.25) is 18.9 Å². The highest BCUT2D eigenvalue weighted by atomic mass is 19.2. The molecule has 2 aromatic heterocycles. The third-order valence-corrected chi connectivity index (χ3v) is 5.93. The maximum Gasteiger partial charge on any atom is 0.334 e. The summed E-state index contributed by atoms with van der Waals surface area (Å²) in [6, 6.07) is 11.8. The van der Waals surface area contributed by atoms with Crippen molar-refractivity contribution < 1.29 is 18.3 Å². The summed E-state index contributed by atoms with van der Waals surface area (Å²) in [6.45, 7) is 4.49. The van der Waals surface area contributed by atoms with Crippen LogP contribution in [0.3, 0.4) is 0 Å². The Kier molecular flexibility index (Phi) is 5.45. The van der Waals surface area contributed by atoms with Crippen LogP contribution in [-0.2, 0) is 4.79 Å². The number of benzene rings is 2. The number of likely N-dealkylation sites (tertiary alicyclic amines) is 1. The molecule has 0 radical (unpaired) electrons. The molecule has 0 aliphatic carbocycles. The van der Waals surface area contributed by atoms with E-state index >= 15 is 0 Å². The summed E-state index contributed by atoms with van der Waals surface area (Å²) in [4.78, 5) is 31.4. The molecular weight excluding hydrogens is 442 g/mol. The largest absolute Gasteiger partial charge is 0.454 e. The molecule has 3 heterocycles. The van der Waals surface area contributed by atoms with E-state index in [1.807, 2.05) is 0 Å². The van der Waals surface area contributed by atoms with E-state index in [9.17, 15) is 18.4 Å². The van der Waals surface area contributed by atoms with Gasteiger partial charge >= 0.3 is 5.69 Å². The maximum absolute atomic E-state index is 13.9. The summed E-state index contributed by atoms with van der Waals surface area (Å²) in [5.74, 6) is -2.17. The second-order valence-electron chi connectivity index (χ2n) is 7.93. The zero-order valence-electron chi connectivity index (χ0n) is 18.0. The normalized spacial score (nSPS) is 15.6. The van der Waals surface area contributed by atoms with Gasteiger partial charge in [0.1, 0.15) is 5.75 Å². The highest BCUT2D eigenvalue weighted by molar-refractivity contribution is 5.87. The molecule has 2 aromatic carbocycles. The smallest absolute Gasteiger partial charge is 0.334 e. The van der Waals surface area contributed by atoms with E-state index in [0.29, 0.717) is 36.2 Å². The molecule has 4 aromatic rings. The predicted octanol–water partition coefficient (Wildman–Crippen LogP) is 4.22. The van der Waals surface area contributed by atoms with Gasteiger partial charge < -0.3 is 9.64 Å². The quantitative estimate of drug-likeness (QED) is 0.417. The Balaban J connectivity index is 1.50. The van der Waals surface area contributed by atoms with Gasteiger partial charge in [-0.1, -0.05) is 12.6 Å². The molecule has 1 atom stereocenters. The van der Waals surface area contributed by atoms with Crippen molar-refractivity contribution >= 4 is 16.9 Å². The van der Waals surface area contributed by atoms with Crippen LogP contribution in [-0.4, -0.2) is 38.0 Å². The standard InChI is InChI=1S/C25H20F2N4O3/c1-2-23(32)29-13-11-17(15-29)31-20-10-12-28-14-21(20)30(25(31)33)16-6-8-18(9-7-16)34-22-5-3-4-19(26)24(22)27/h2-10,12,14,17H,1,11,13,15H2. The summed E-state index contributed by atoms with van der Waals surface area (Å²) in [6.07, 6.45) is 5.15. The third kappa shape index (κ3) is 3.64. The van der Waals surface area contributed by atoms with Crippen LogP contribution in [0.5, 0.6) is 11.5 Å². The third-order valence-electron chi connectivity index (χ3n) is 5.93. The Morgan fingerprint density at radius 2 is 1.91 bits per heavy atom. The summed E-state index contributed by atoms with van der Waals surface area (Å²) < 4.78 is 36.1. The van der Waals surface area contributed by atoms with E-state index in [2.05, 4.69) is 11.6 Å². The first kappa shape index (κ1) is 21.6. The summed E-state index contributed by atoms with van der Waals surface area (Å²) >= 11 is 0. The number of nitrogens with zero attached hydrogens (tertiary/aromatic N) is 4. The molecule has 0 N–H and O–H groups in total. The van der Waals surface area contributed by atoms with Crippen LogP contribution < -0.4 is 10.4 Å². The molecule has 5 rings (SSSR count). The highest BCUT2D eigenvalue weighted by Crippen LogP contribution is 2.29. The van der Waals surface area contributed by atoms with Crippen molar-refractivity contribution in [2.45, 2.75) is 12.5 Å². The van der Waals surface area contributed by atoms with E-state index in [-0.39, 0.29) is 29.1 Å². The molecule has 1 amide bonds. The van der Waals surface area contributed by atoms with Gasteiger partial charge in [0.05, 0.1) is 29.0 Å². The minimum absolute atomic E-state index is 0.161. The minimum Gasteiger partial charge on any atom is -0.454 e. The number of aromatic nitrogens is 3. The number of amides is 1. The molecule has 34 heavy (non-hydrogen) atoms. The van der Waals surface area contributed by atoms with Crippen LogP contribution >= 0.6 is 0 Å². The van der Waals surface area contributed by atoms with Crippen LogP contribution in [0.25, 0.3) is 16.7 Å². The fraction of sp³-hybridized carbons (Fsp3) is 0.160. The molecule has 9 heteroatoms. The van der Waals surface area contributed by atoms with E-state index in [0.717, 1.165) is 6.07 Å².